The Kier molecular flexibility index (Phi) is 15.5. The average Bonchev–Trinajstić information content (AvgIpc) is 3.00. The molecule has 0 spiro atoms. The van der Waals surface area contributed by atoms with Gasteiger partial charge in [-0.25, -0.2) is 9.59 Å². The van der Waals surface area contributed by atoms with Crippen LogP contribution in [-0.2, 0) is 19.1 Å². The van der Waals surface area contributed by atoms with E-state index < -0.39 is 11.9 Å². The molecule has 0 saturated heterocycles. The van der Waals surface area contributed by atoms with E-state index in [-0.39, 0.29) is 35.2 Å². The van der Waals surface area contributed by atoms with Crippen molar-refractivity contribution in [1.82, 2.24) is 5.32 Å². The van der Waals surface area contributed by atoms with Gasteiger partial charge >= 0.3 is 11.9 Å². The van der Waals surface area contributed by atoms with E-state index in [2.05, 4.69) is 56.6 Å². The second-order valence-corrected chi connectivity index (χ2v) is 14.1. The van der Waals surface area contributed by atoms with Gasteiger partial charge < -0.3 is 14.8 Å². The number of ether oxygens (including phenoxy) is 2. The van der Waals surface area contributed by atoms with Crippen molar-refractivity contribution in [2.45, 2.75) is 91.9 Å². The monoisotopic (exact) mass is 663 g/mol. The molecule has 0 aromatic carbocycles. The van der Waals surface area contributed by atoms with Gasteiger partial charge in [-0.3, -0.25) is 0 Å². The minimum absolute atomic E-state index is 0.0865. The van der Waals surface area contributed by atoms with E-state index in [1.807, 2.05) is 26.0 Å². The third-order valence-corrected chi connectivity index (χ3v) is 8.38. The fourth-order valence-corrected chi connectivity index (χ4v) is 6.27. The molecule has 0 saturated carbocycles. The number of allylic oxidation sites excluding steroid dienone is 6. The fourth-order valence-electron chi connectivity index (χ4n) is 6.09. The zero-order valence-electron chi connectivity index (χ0n) is 27.4. The van der Waals surface area contributed by atoms with Crippen LogP contribution in [0.25, 0.3) is 0 Å². The fraction of sp³-hybridized carbons (Fsp3) is 0.600. The normalized spacial score (nSPS) is 19.2. The highest BCUT2D eigenvalue weighted by molar-refractivity contribution is 7.80. The van der Waals surface area contributed by atoms with E-state index in [0.29, 0.717) is 59.6 Å². The van der Waals surface area contributed by atoms with E-state index in [1.165, 1.54) is 0 Å². The molecule has 0 unspecified atom stereocenters. The molecule has 9 nitrogen and oxygen atoms in total. The maximum absolute atomic E-state index is 12.6. The summed E-state index contributed by atoms with van der Waals surface area (Å²) in [4.78, 5) is 25.1. The number of nitriles is 4. The maximum Gasteiger partial charge on any atom is 0.349 e. The Bertz CT molecular complexity index is 1350. The van der Waals surface area contributed by atoms with Crippen LogP contribution in [0.1, 0.15) is 91.9 Å². The van der Waals surface area contributed by atoms with Gasteiger partial charge in [-0.2, -0.15) is 46.3 Å². The molecular weight excluding hydrogens is 619 g/mol. The first-order valence-corrected chi connectivity index (χ1v) is 17.0. The Balaban J connectivity index is 2.03. The summed E-state index contributed by atoms with van der Waals surface area (Å²) in [6.07, 6.45) is 7.64. The van der Waals surface area contributed by atoms with Crippen LogP contribution < -0.4 is 5.32 Å². The third-order valence-electron chi connectivity index (χ3n) is 8.02. The van der Waals surface area contributed by atoms with Crippen LogP contribution in [0.2, 0.25) is 0 Å². The Morgan fingerprint density at radius 2 is 1.20 bits per heavy atom. The first kappa shape index (κ1) is 38.5. The Hall–Kier alpha value is -3.64. The summed E-state index contributed by atoms with van der Waals surface area (Å²) >= 11 is 8.11. The van der Waals surface area contributed by atoms with Gasteiger partial charge in [-0.05, 0) is 66.9 Å². The highest BCUT2D eigenvalue weighted by atomic mass is 32.1. The number of carbonyl (C=O) groups excluding carboxylic acids is 2. The molecule has 0 amide bonds. The summed E-state index contributed by atoms with van der Waals surface area (Å²) in [7, 11) is 0. The van der Waals surface area contributed by atoms with Crippen LogP contribution in [0.15, 0.2) is 44.7 Å². The average molecular weight is 664 g/mol. The van der Waals surface area contributed by atoms with Crippen molar-refractivity contribution in [3.63, 3.8) is 0 Å². The number of unbranched alkanes of at least 4 members (excludes halogenated alkanes) is 4. The molecule has 2 aliphatic rings. The van der Waals surface area contributed by atoms with Crippen LogP contribution in [0, 0.1) is 56.2 Å². The summed E-state index contributed by atoms with van der Waals surface area (Å²) in [5.74, 6) is -0.743. The van der Waals surface area contributed by atoms with Crippen molar-refractivity contribution in [2.75, 3.05) is 31.3 Å². The standard InChI is InChI=1S/C35H45N5O4S2/c1-34(2)16-24(27(20-36)25(17-34)29(22-38)32(41)43-12-14-45)10-8-6-5-7-9-11-40-31-19-35(3,4)18-26(28(31)21-37)30(23-39)33(42)44-13-15-46/h40,45-46H,5-19H2,1-4H3/b29-25+,30-26+. The van der Waals surface area contributed by atoms with Gasteiger partial charge in [0, 0.05) is 23.7 Å². The molecule has 2 aliphatic carbocycles. The number of nitrogens with one attached hydrogen (secondary N) is 1. The number of carbonyl (C=O) groups is 2. The SMILES string of the molecule is CC1(C)CC(CCCCCCCNC2=C(C#N)/C(=C(\C#N)C(=O)OCCS)CC(C)(C)C2)=C(C#N)/C(=C(\C#N)C(=O)OCCS)C1. The smallest absolute Gasteiger partial charge is 0.349 e. The summed E-state index contributed by atoms with van der Waals surface area (Å²) in [5.41, 5.74) is 2.78. The Morgan fingerprint density at radius 1 is 0.717 bits per heavy atom. The van der Waals surface area contributed by atoms with Gasteiger partial charge in [0.25, 0.3) is 0 Å². The third kappa shape index (κ3) is 11.0. The number of thiol groups is 2. The van der Waals surface area contributed by atoms with Crippen LogP contribution in [0.3, 0.4) is 0 Å². The minimum Gasteiger partial charge on any atom is -0.461 e. The largest absolute Gasteiger partial charge is 0.461 e. The van der Waals surface area contributed by atoms with Crippen LogP contribution in [0.5, 0.6) is 0 Å². The molecule has 1 N–H and O–H groups in total. The van der Waals surface area contributed by atoms with E-state index >= 15 is 0 Å². The second-order valence-electron chi connectivity index (χ2n) is 13.2. The lowest BCUT2D eigenvalue weighted by Gasteiger charge is -2.34. The lowest BCUT2D eigenvalue weighted by Crippen LogP contribution is -2.29. The summed E-state index contributed by atoms with van der Waals surface area (Å²) < 4.78 is 10.3. The summed E-state index contributed by atoms with van der Waals surface area (Å²) in [5, 5.41) is 42.9. The van der Waals surface area contributed by atoms with Crippen LogP contribution >= 0.6 is 25.3 Å². The van der Waals surface area contributed by atoms with Crippen molar-refractivity contribution in [2.24, 2.45) is 10.8 Å². The summed E-state index contributed by atoms with van der Waals surface area (Å²) in [6.45, 7) is 9.10. The molecule has 0 fully saturated rings. The molecule has 0 aromatic rings. The highest BCUT2D eigenvalue weighted by Gasteiger charge is 2.35. The number of esters is 2. The van der Waals surface area contributed by atoms with Crippen LogP contribution in [0.4, 0.5) is 0 Å². The zero-order valence-corrected chi connectivity index (χ0v) is 29.2. The summed E-state index contributed by atoms with van der Waals surface area (Å²) in [6, 6.07) is 8.44. The van der Waals surface area contributed by atoms with Crippen LogP contribution in [-0.4, -0.2) is 43.2 Å². The Morgan fingerprint density at radius 3 is 1.70 bits per heavy atom. The first-order chi connectivity index (χ1) is 21.9. The molecule has 0 aromatic heterocycles. The van der Waals surface area contributed by atoms with Gasteiger partial charge in [0.05, 0.1) is 17.2 Å². The molecule has 0 atom stereocenters. The Labute approximate surface area is 284 Å². The van der Waals surface area contributed by atoms with Gasteiger partial charge in [-0.1, -0.05) is 52.5 Å². The van der Waals surface area contributed by atoms with Crippen molar-refractivity contribution < 1.29 is 19.1 Å². The van der Waals surface area contributed by atoms with Gasteiger partial charge in [-0.15, -0.1) is 0 Å². The molecule has 0 aliphatic heterocycles. The highest BCUT2D eigenvalue weighted by Crippen LogP contribution is 2.45. The molecule has 246 valence electrons. The molecular formula is C35H45N5O4S2. The topological polar surface area (TPSA) is 160 Å². The quantitative estimate of drug-likeness (QED) is 0.0567. The lowest BCUT2D eigenvalue weighted by atomic mass is 9.70. The predicted octanol–water partition coefficient (Wildman–Crippen LogP) is 6.74. The van der Waals surface area contributed by atoms with E-state index in [1.54, 1.807) is 0 Å². The minimum atomic E-state index is -0.727. The van der Waals surface area contributed by atoms with Gasteiger partial charge in [0.15, 0.2) is 0 Å². The molecule has 0 radical (unpaired) electrons. The molecule has 11 heteroatoms. The van der Waals surface area contributed by atoms with Crippen molar-refractivity contribution in [3.8, 4) is 24.3 Å². The molecule has 0 bridgehead atoms. The maximum atomic E-state index is 12.6. The van der Waals surface area contributed by atoms with E-state index in [4.69, 9.17) is 9.47 Å². The van der Waals surface area contributed by atoms with Crippen molar-refractivity contribution >= 4 is 37.2 Å². The van der Waals surface area contributed by atoms with Crippen molar-refractivity contribution in [3.05, 3.63) is 44.7 Å². The molecule has 2 rings (SSSR count). The van der Waals surface area contributed by atoms with Crippen molar-refractivity contribution in [1.29, 1.82) is 21.0 Å². The van der Waals surface area contributed by atoms with Gasteiger partial charge in [0.1, 0.15) is 42.6 Å². The number of rotatable bonds is 15. The zero-order chi connectivity index (χ0) is 34.3. The molecule has 46 heavy (non-hydrogen) atoms. The molecule has 0 heterocycles. The second kappa shape index (κ2) is 18.5. The number of hydrogen-bond acceptors (Lipinski definition) is 11. The number of nitrogens with zero attached hydrogens (tertiary/aromatic N) is 4. The lowest BCUT2D eigenvalue weighted by molar-refractivity contribution is -0.138. The first-order valence-electron chi connectivity index (χ1n) is 15.7. The number of hydrogen-bond donors (Lipinski definition) is 3. The van der Waals surface area contributed by atoms with E-state index in [0.717, 1.165) is 56.2 Å². The van der Waals surface area contributed by atoms with Gasteiger partial charge in [0.2, 0.25) is 0 Å². The van der Waals surface area contributed by atoms with E-state index in [9.17, 15) is 30.6 Å². The predicted molar refractivity (Wildman–Crippen MR) is 182 cm³/mol.